The van der Waals surface area contributed by atoms with Gasteiger partial charge in [0.15, 0.2) is 5.82 Å². The zero-order valence-corrected chi connectivity index (χ0v) is 15.7. The van der Waals surface area contributed by atoms with Gasteiger partial charge in [0.2, 0.25) is 0 Å². The molecule has 27 heavy (non-hydrogen) atoms. The zero-order valence-electron chi connectivity index (χ0n) is 15.7. The quantitative estimate of drug-likeness (QED) is 0.626. The molecular formula is C20H25N5O2. The van der Waals surface area contributed by atoms with Crippen LogP contribution in [0.3, 0.4) is 0 Å². The largest absolute Gasteiger partial charge is 0.493 e. The third-order valence-corrected chi connectivity index (χ3v) is 5.41. The molecule has 1 aliphatic rings. The first-order valence-corrected chi connectivity index (χ1v) is 9.72. The number of pyridine rings is 1. The molecule has 1 aromatic carbocycles. The van der Waals surface area contributed by atoms with Crippen molar-refractivity contribution in [1.82, 2.24) is 24.8 Å². The molecule has 0 bridgehead atoms. The highest BCUT2D eigenvalue weighted by Crippen LogP contribution is 2.28. The number of fused-ring (bicyclic) bond motifs is 1. The molecular weight excluding hydrogens is 342 g/mol. The third kappa shape index (κ3) is 3.72. The molecule has 0 radical (unpaired) electrons. The molecule has 1 fully saturated rings. The van der Waals surface area contributed by atoms with Crippen molar-refractivity contribution in [3.8, 4) is 5.75 Å². The Kier molecular flexibility index (Phi) is 5.18. The van der Waals surface area contributed by atoms with Crippen LogP contribution in [-0.2, 0) is 13.5 Å². The minimum Gasteiger partial charge on any atom is -0.493 e. The van der Waals surface area contributed by atoms with Crippen molar-refractivity contribution < 1.29 is 4.74 Å². The number of hydrogen-bond donors (Lipinski definition) is 0. The van der Waals surface area contributed by atoms with E-state index < -0.39 is 0 Å². The van der Waals surface area contributed by atoms with Crippen molar-refractivity contribution in [3.05, 3.63) is 46.5 Å². The molecule has 4 rings (SSSR count). The molecule has 0 amide bonds. The normalized spacial score (nSPS) is 15.3. The zero-order chi connectivity index (χ0) is 18.6. The average molecular weight is 367 g/mol. The molecule has 142 valence electrons. The molecule has 0 saturated heterocycles. The lowest BCUT2D eigenvalue weighted by molar-refractivity contribution is 0.299. The van der Waals surface area contributed by atoms with Gasteiger partial charge in [-0.3, -0.25) is 4.79 Å². The maximum absolute atomic E-state index is 11.8. The van der Waals surface area contributed by atoms with E-state index in [0.29, 0.717) is 12.6 Å². The Morgan fingerprint density at radius 1 is 1.15 bits per heavy atom. The summed E-state index contributed by atoms with van der Waals surface area (Å²) in [7, 11) is 1.78. The number of rotatable bonds is 6. The second-order valence-electron chi connectivity index (χ2n) is 7.20. The lowest BCUT2D eigenvalue weighted by Gasteiger charge is -2.22. The van der Waals surface area contributed by atoms with Gasteiger partial charge in [-0.1, -0.05) is 25.3 Å². The van der Waals surface area contributed by atoms with Crippen LogP contribution in [-0.4, -0.2) is 31.4 Å². The summed E-state index contributed by atoms with van der Waals surface area (Å²) < 4.78 is 9.66. The van der Waals surface area contributed by atoms with Gasteiger partial charge < -0.3 is 9.30 Å². The number of ether oxygens (including phenoxy) is 1. The molecule has 2 aromatic heterocycles. The SMILES string of the molecule is Cn1c(=O)ccc2c(OCCCc3nnnn3C3CCCCC3)cccc21. The second-order valence-corrected chi connectivity index (χ2v) is 7.20. The number of aromatic nitrogens is 5. The van der Waals surface area contributed by atoms with Crippen LogP contribution in [0, 0.1) is 0 Å². The van der Waals surface area contributed by atoms with Gasteiger partial charge in [0, 0.05) is 24.9 Å². The van der Waals surface area contributed by atoms with Crippen LogP contribution in [0.2, 0.25) is 0 Å². The molecule has 0 unspecified atom stereocenters. The maximum Gasteiger partial charge on any atom is 0.250 e. The standard InChI is InChI=1S/C20H25N5O2/c1-24-17-9-5-10-18(16(17)12-13-20(24)26)27-14-6-11-19-21-22-23-25(19)15-7-3-2-4-8-15/h5,9-10,12-13,15H,2-4,6-8,11,14H2,1H3. The second kappa shape index (κ2) is 7.90. The van der Waals surface area contributed by atoms with Crippen molar-refractivity contribution in [2.24, 2.45) is 7.05 Å². The van der Waals surface area contributed by atoms with Crippen LogP contribution in [0.5, 0.6) is 5.75 Å². The fourth-order valence-corrected chi connectivity index (χ4v) is 3.90. The van der Waals surface area contributed by atoms with Gasteiger partial charge in [0.1, 0.15) is 5.75 Å². The van der Waals surface area contributed by atoms with Gasteiger partial charge in [-0.15, -0.1) is 5.10 Å². The smallest absolute Gasteiger partial charge is 0.250 e. The minimum atomic E-state index is -0.0193. The van der Waals surface area contributed by atoms with Crippen molar-refractivity contribution in [3.63, 3.8) is 0 Å². The first-order valence-electron chi connectivity index (χ1n) is 9.72. The molecule has 0 spiro atoms. The average Bonchev–Trinajstić information content (AvgIpc) is 3.17. The summed E-state index contributed by atoms with van der Waals surface area (Å²) in [6.45, 7) is 0.583. The van der Waals surface area contributed by atoms with E-state index in [4.69, 9.17) is 4.74 Å². The van der Waals surface area contributed by atoms with Gasteiger partial charge in [0.05, 0.1) is 18.2 Å². The summed E-state index contributed by atoms with van der Waals surface area (Å²) in [5, 5.41) is 13.3. The van der Waals surface area contributed by atoms with Crippen LogP contribution in [0.15, 0.2) is 35.1 Å². The lowest BCUT2D eigenvalue weighted by Crippen LogP contribution is -2.17. The highest BCUT2D eigenvalue weighted by atomic mass is 16.5. The summed E-state index contributed by atoms with van der Waals surface area (Å²) in [4.78, 5) is 11.8. The van der Waals surface area contributed by atoms with Crippen LogP contribution < -0.4 is 10.3 Å². The van der Waals surface area contributed by atoms with Gasteiger partial charge in [0.25, 0.3) is 5.56 Å². The highest BCUT2D eigenvalue weighted by Gasteiger charge is 2.19. The summed E-state index contributed by atoms with van der Waals surface area (Å²) in [6.07, 6.45) is 7.82. The molecule has 1 aliphatic carbocycles. The van der Waals surface area contributed by atoms with E-state index in [2.05, 4.69) is 15.5 Å². The predicted molar refractivity (Wildman–Crippen MR) is 103 cm³/mol. The molecule has 0 atom stereocenters. The molecule has 3 aromatic rings. The summed E-state index contributed by atoms with van der Waals surface area (Å²) in [5.41, 5.74) is 0.857. The molecule has 1 saturated carbocycles. The fourth-order valence-electron chi connectivity index (χ4n) is 3.90. The van der Waals surface area contributed by atoms with E-state index in [1.165, 1.54) is 32.1 Å². The fraction of sp³-hybridized carbons (Fsp3) is 0.500. The summed E-state index contributed by atoms with van der Waals surface area (Å²) in [6, 6.07) is 9.65. The van der Waals surface area contributed by atoms with Crippen LogP contribution in [0.1, 0.15) is 50.4 Å². The van der Waals surface area contributed by atoms with E-state index in [-0.39, 0.29) is 5.56 Å². The molecule has 2 heterocycles. The van der Waals surface area contributed by atoms with E-state index in [9.17, 15) is 4.79 Å². The summed E-state index contributed by atoms with van der Waals surface area (Å²) >= 11 is 0. The Morgan fingerprint density at radius 2 is 2.00 bits per heavy atom. The van der Waals surface area contributed by atoms with E-state index >= 15 is 0 Å². The topological polar surface area (TPSA) is 74.8 Å². The van der Waals surface area contributed by atoms with Crippen LogP contribution in [0.4, 0.5) is 0 Å². The Bertz CT molecular complexity index is 972. The molecule has 7 heteroatoms. The number of aryl methyl sites for hydroxylation is 2. The first-order chi connectivity index (χ1) is 13.2. The number of tetrazole rings is 1. The highest BCUT2D eigenvalue weighted by molar-refractivity contribution is 5.85. The van der Waals surface area contributed by atoms with Gasteiger partial charge in [-0.2, -0.15) is 0 Å². The third-order valence-electron chi connectivity index (χ3n) is 5.41. The molecule has 0 N–H and O–H groups in total. The van der Waals surface area contributed by atoms with Crippen molar-refractivity contribution >= 4 is 10.9 Å². The maximum atomic E-state index is 11.8. The lowest BCUT2D eigenvalue weighted by atomic mass is 9.95. The minimum absolute atomic E-state index is 0.0193. The Balaban J connectivity index is 1.39. The number of hydrogen-bond acceptors (Lipinski definition) is 5. The van der Waals surface area contributed by atoms with E-state index in [1.54, 1.807) is 17.7 Å². The Morgan fingerprint density at radius 3 is 2.85 bits per heavy atom. The van der Waals surface area contributed by atoms with E-state index in [1.807, 2.05) is 28.9 Å². The monoisotopic (exact) mass is 367 g/mol. The van der Waals surface area contributed by atoms with Gasteiger partial charge >= 0.3 is 0 Å². The molecule has 0 aliphatic heterocycles. The predicted octanol–water partition coefficient (Wildman–Crippen LogP) is 3.04. The van der Waals surface area contributed by atoms with Crippen LogP contribution >= 0.6 is 0 Å². The van der Waals surface area contributed by atoms with E-state index in [0.717, 1.165) is 35.3 Å². The van der Waals surface area contributed by atoms with Crippen LogP contribution in [0.25, 0.3) is 10.9 Å². The van der Waals surface area contributed by atoms with Crippen molar-refractivity contribution in [1.29, 1.82) is 0 Å². The van der Waals surface area contributed by atoms with Gasteiger partial charge in [-0.05, 0) is 47.9 Å². The number of benzene rings is 1. The Hall–Kier alpha value is -2.70. The first kappa shape index (κ1) is 17.7. The van der Waals surface area contributed by atoms with Gasteiger partial charge in [-0.25, -0.2) is 4.68 Å². The number of nitrogens with zero attached hydrogens (tertiary/aromatic N) is 5. The molecule has 7 nitrogen and oxygen atoms in total. The summed E-state index contributed by atoms with van der Waals surface area (Å²) in [5.74, 6) is 1.75. The van der Waals surface area contributed by atoms with Crippen molar-refractivity contribution in [2.45, 2.75) is 51.0 Å². The van der Waals surface area contributed by atoms with Crippen molar-refractivity contribution in [2.75, 3.05) is 6.61 Å². The Labute approximate surface area is 158 Å².